The Balaban J connectivity index is 2.27. The average Bonchev–Trinajstić information content (AvgIpc) is 2.66. The minimum Gasteiger partial charge on any atom is -0.463 e. The van der Waals surface area contributed by atoms with Crippen molar-refractivity contribution in [2.75, 3.05) is 18.5 Å². The molecule has 2 atom stereocenters. The second-order valence-corrected chi connectivity index (χ2v) is 9.98. The molecule has 1 aromatic rings. The number of hydrogen-bond donors (Lipinski definition) is 2. The Morgan fingerprint density at radius 2 is 1.97 bits per heavy atom. The van der Waals surface area contributed by atoms with Crippen LogP contribution in [0.15, 0.2) is 35.5 Å². The largest absolute Gasteiger partial charge is 0.463 e. The molecule has 1 heterocycles. The van der Waals surface area contributed by atoms with Gasteiger partial charge in [0.1, 0.15) is 0 Å². The molecule has 0 unspecified atom stereocenters. The summed E-state index contributed by atoms with van der Waals surface area (Å²) >= 11 is 5.54. The van der Waals surface area contributed by atoms with Gasteiger partial charge in [0.15, 0.2) is 5.11 Å². The van der Waals surface area contributed by atoms with Gasteiger partial charge in [-0.3, -0.25) is 4.79 Å². The van der Waals surface area contributed by atoms with E-state index < -0.39 is 6.04 Å². The SMILES string of the molecule is CCOC(=O)C1=C(C)N(CC)C(=S)N[C@H]1c1cccc(NC(=O)C[C@@H](C)CC(C)(C)C)c1. The number of esters is 1. The van der Waals surface area contributed by atoms with E-state index in [0.717, 1.165) is 17.7 Å². The van der Waals surface area contributed by atoms with E-state index in [1.165, 1.54) is 0 Å². The first-order valence-electron chi connectivity index (χ1n) is 11.3. The van der Waals surface area contributed by atoms with E-state index in [1.807, 2.05) is 43.0 Å². The number of rotatable bonds is 8. The van der Waals surface area contributed by atoms with Gasteiger partial charge in [0.2, 0.25) is 5.91 Å². The van der Waals surface area contributed by atoms with Crippen LogP contribution in [0.25, 0.3) is 0 Å². The molecule has 2 rings (SSSR count). The van der Waals surface area contributed by atoms with E-state index in [-0.39, 0.29) is 23.2 Å². The molecule has 7 heteroatoms. The van der Waals surface area contributed by atoms with Crippen molar-refractivity contribution < 1.29 is 14.3 Å². The molecular formula is C25H37N3O3S. The number of thiocarbonyl (C=S) groups is 1. The molecule has 2 N–H and O–H groups in total. The minimum atomic E-state index is -0.444. The van der Waals surface area contributed by atoms with E-state index in [2.05, 4.69) is 38.3 Å². The summed E-state index contributed by atoms with van der Waals surface area (Å²) in [6.07, 6.45) is 1.44. The third kappa shape index (κ3) is 6.79. The normalized spacial score (nSPS) is 17.7. The highest BCUT2D eigenvalue weighted by atomic mass is 32.1. The maximum atomic E-state index is 12.8. The minimum absolute atomic E-state index is 0.0134. The highest BCUT2D eigenvalue weighted by Crippen LogP contribution is 2.32. The van der Waals surface area contributed by atoms with Crippen molar-refractivity contribution in [2.24, 2.45) is 11.3 Å². The number of benzene rings is 1. The van der Waals surface area contributed by atoms with Crippen molar-refractivity contribution in [2.45, 2.75) is 67.3 Å². The van der Waals surface area contributed by atoms with Gasteiger partial charge < -0.3 is 20.3 Å². The number of nitrogens with zero attached hydrogens (tertiary/aromatic N) is 1. The fourth-order valence-corrected chi connectivity index (χ4v) is 4.71. The lowest BCUT2D eigenvalue weighted by atomic mass is 9.84. The number of anilines is 1. The molecule has 0 saturated heterocycles. The number of hydrogen-bond acceptors (Lipinski definition) is 4. The zero-order valence-electron chi connectivity index (χ0n) is 20.4. The number of allylic oxidation sites excluding steroid dienone is 1. The number of ether oxygens (including phenoxy) is 1. The van der Waals surface area contributed by atoms with Crippen LogP contribution >= 0.6 is 12.2 Å². The van der Waals surface area contributed by atoms with Gasteiger partial charge >= 0.3 is 5.97 Å². The smallest absolute Gasteiger partial charge is 0.338 e. The molecule has 176 valence electrons. The molecule has 0 spiro atoms. The Kier molecular flexibility index (Phi) is 8.84. The molecule has 1 aliphatic heterocycles. The zero-order chi connectivity index (χ0) is 24.1. The molecule has 0 saturated carbocycles. The Morgan fingerprint density at radius 3 is 2.56 bits per heavy atom. The van der Waals surface area contributed by atoms with Crippen LogP contribution in [0.3, 0.4) is 0 Å². The topological polar surface area (TPSA) is 70.7 Å². The van der Waals surface area contributed by atoms with Crippen LogP contribution in [-0.4, -0.2) is 35.0 Å². The average molecular weight is 460 g/mol. The lowest BCUT2D eigenvalue weighted by molar-refractivity contribution is -0.139. The van der Waals surface area contributed by atoms with Crippen molar-refractivity contribution in [3.63, 3.8) is 0 Å². The quantitative estimate of drug-likeness (QED) is 0.413. The molecule has 32 heavy (non-hydrogen) atoms. The summed E-state index contributed by atoms with van der Waals surface area (Å²) in [5.74, 6) is -0.0917. The molecule has 1 aromatic carbocycles. The lowest BCUT2D eigenvalue weighted by Crippen LogP contribution is -2.47. The monoisotopic (exact) mass is 459 g/mol. The van der Waals surface area contributed by atoms with Crippen molar-refractivity contribution in [3.05, 3.63) is 41.1 Å². The molecule has 6 nitrogen and oxygen atoms in total. The Bertz CT molecular complexity index is 889. The van der Waals surface area contributed by atoms with E-state index in [1.54, 1.807) is 6.92 Å². The van der Waals surface area contributed by atoms with Gasteiger partial charge in [0.25, 0.3) is 0 Å². The predicted molar refractivity (Wildman–Crippen MR) is 133 cm³/mol. The first kappa shape index (κ1) is 25.8. The summed E-state index contributed by atoms with van der Waals surface area (Å²) in [5, 5.41) is 6.85. The molecule has 1 aliphatic rings. The fraction of sp³-hybridized carbons (Fsp3) is 0.560. The van der Waals surface area contributed by atoms with Gasteiger partial charge in [0, 0.05) is 24.4 Å². The van der Waals surface area contributed by atoms with E-state index in [0.29, 0.717) is 35.9 Å². The first-order chi connectivity index (χ1) is 15.0. The van der Waals surface area contributed by atoms with Crippen molar-refractivity contribution in [1.29, 1.82) is 0 Å². The van der Waals surface area contributed by atoms with Gasteiger partial charge in [-0.1, -0.05) is 39.8 Å². The first-order valence-corrected chi connectivity index (χ1v) is 11.7. The summed E-state index contributed by atoms with van der Waals surface area (Å²) in [5.41, 5.74) is 3.04. The molecule has 1 amide bonds. The summed E-state index contributed by atoms with van der Waals surface area (Å²) in [6, 6.07) is 7.10. The third-order valence-corrected chi connectivity index (χ3v) is 5.74. The summed E-state index contributed by atoms with van der Waals surface area (Å²) in [7, 11) is 0. The Labute approximate surface area is 197 Å². The van der Waals surface area contributed by atoms with Crippen LogP contribution in [0.1, 0.15) is 72.9 Å². The number of nitrogens with one attached hydrogen (secondary N) is 2. The summed E-state index contributed by atoms with van der Waals surface area (Å²) in [4.78, 5) is 27.3. The van der Waals surface area contributed by atoms with E-state index >= 15 is 0 Å². The van der Waals surface area contributed by atoms with Crippen molar-refractivity contribution in [3.8, 4) is 0 Å². The van der Waals surface area contributed by atoms with Crippen molar-refractivity contribution >= 4 is 34.9 Å². The molecule has 0 aromatic heterocycles. The van der Waals surface area contributed by atoms with Crippen LogP contribution in [0.2, 0.25) is 0 Å². The Hall–Kier alpha value is -2.41. The molecular weight excluding hydrogens is 422 g/mol. The second-order valence-electron chi connectivity index (χ2n) is 9.59. The Morgan fingerprint density at radius 1 is 1.28 bits per heavy atom. The molecule has 0 bridgehead atoms. The van der Waals surface area contributed by atoms with Crippen LogP contribution in [-0.2, 0) is 14.3 Å². The summed E-state index contributed by atoms with van der Waals surface area (Å²) < 4.78 is 5.33. The van der Waals surface area contributed by atoms with Crippen LogP contribution in [0.5, 0.6) is 0 Å². The van der Waals surface area contributed by atoms with Crippen LogP contribution in [0.4, 0.5) is 5.69 Å². The van der Waals surface area contributed by atoms with E-state index in [9.17, 15) is 9.59 Å². The standard InChI is InChI=1S/C25H37N3O3S/c1-8-28-17(4)21(23(30)31-9-2)22(27-24(28)32)18-11-10-12-19(14-18)26-20(29)13-16(3)15-25(5,6)7/h10-12,14,16,22H,8-9,13,15H2,1-7H3,(H,26,29)(H,27,32)/t16-,22+/m1/s1. The number of carbonyl (C=O) groups excluding carboxylic acids is 2. The number of carbonyl (C=O) groups is 2. The van der Waals surface area contributed by atoms with Gasteiger partial charge in [0.05, 0.1) is 18.2 Å². The van der Waals surface area contributed by atoms with Gasteiger partial charge in [-0.05, 0) is 68.4 Å². The van der Waals surface area contributed by atoms with E-state index in [4.69, 9.17) is 17.0 Å². The second kappa shape index (κ2) is 10.9. The predicted octanol–water partition coefficient (Wildman–Crippen LogP) is 5.18. The van der Waals surface area contributed by atoms with Gasteiger partial charge in [-0.2, -0.15) is 0 Å². The number of amides is 1. The molecule has 0 radical (unpaired) electrons. The van der Waals surface area contributed by atoms with Crippen molar-refractivity contribution in [1.82, 2.24) is 10.2 Å². The lowest BCUT2D eigenvalue weighted by Gasteiger charge is -2.37. The maximum Gasteiger partial charge on any atom is 0.338 e. The van der Waals surface area contributed by atoms with Crippen LogP contribution < -0.4 is 10.6 Å². The van der Waals surface area contributed by atoms with Gasteiger partial charge in [-0.15, -0.1) is 0 Å². The third-order valence-electron chi connectivity index (χ3n) is 5.41. The fourth-order valence-electron chi connectivity index (χ4n) is 4.33. The highest BCUT2D eigenvalue weighted by molar-refractivity contribution is 7.80. The molecule has 0 aliphatic carbocycles. The summed E-state index contributed by atoms with van der Waals surface area (Å²) in [6.45, 7) is 15.3. The zero-order valence-corrected chi connectivity index (χ0v) is 21.2. The van der Waals surface area contributed by atoms with Crippen LogP contribution in [0, 0.1) is 11.3 Å². The molecule has 0 fully saturated rings. The van der Waals surface area contributed by atoms with Gasteiger partial charge in [-0.25, -0.2) is 4.79 Å². The maximum absolute atomic E-state index is 12.8. The highest BCUT2D eigenvalue weighted by Gasteiger charge is 2.34.